The molecule has 1 aliphatic rings. The zero-order valence-corrected chi connectivity index (χ0v) is 14.6. The number of rotatable bonds is 6. The van der Waals surface area contributed by atoms with Gasteiger partial charge in [-0.2, -0.15) is 0 Å². The normalized spacial score (nSPS) is 25.1. The second kappa shape index (κ2) is 8.14. The molecule has 114 valence electrons. The van der Waals surface area contributed by atoms with E-state index in [1.807, 2.05) is 13.0 Å². The highest BCUT2D eigenvalue weighted by Crippen LogP contribution is 2.37. The van der Waals surface area contributed by atoms with Crippen molar-refractivity contribution in [3.05, 3.63) is 34.5 Å². The molecule has 1 aliphatic heterocycles. The number of hydrogen-bond acceptors (Lipinski definition) is 1. The Morgan fingerprint density at radius 2 is 2.05 bits per heavy atom. The Morgan fingerprint density at radius 1 is 1.40 bits per heavy atom. The van der Waals surface area contributed by atoms with Crippen molar-refractivity contribution in [1.82, 2.24) is 4.90 Å². The molecule has 0 aromatic rings. The molecule has 0 radical (unpaired) electrons. The van der Waals surface area contributed by atoms with Gasteiger partial charge in [0, 0.05) is 12.6 Å². The standard InChI is InChI=1S/C17H27Cl2N/c1-6-14-10-13(9-12(4)5)11-20(14)17(15(18)7-2)16(19)8-3/h7-8,12-14H,2,6,9-11H2,1,3-5H3/b16-8+,17-15-. The van der Waals surface area contributed by atoms with Gasteiger partial charge in [0.25, 0.3) is 0 Å². The van der Waals surface area contributed by atoms with Crippen molar-refractivity contribution in [3.63, 3.8) is 0 Å². The summed E-state index contributed by atoms with van der Waals surface area (Å²) in [5.41, 5.74) is 0.948. The van der Waals surface area contributed by atoms with Crippen LogP contribution in [0.4, 0.5) is 0 Å². The molecular weight excluding hydrogens is 289 g/mol. The average molecular weight is 316 g/mol. The smallest absolute Gasteiger partial charge is 0.0743 e. The highest BCUT2D eigenvalue weighted by atomic mass is 35.5. The van der Waals surface area contributed by atoms with Crippen LogP contribution in [0.15, 0.2) is 34.5 Å². The SMILES string of the molecule is C=C/C(Cl)=C(\C(Cl)=C/C)N1CC(CC(C)C)CC1CC. The lowest BCUT2D eigenvalue weighted by molar-refractivity contribution is 0.314. The van der Waals surface area contributed by atoms with Crippen LogP contribution in [0.1, 0.15) is 47.0 Å². The number of nitrogens with zero attached hydrogens (tertiary/aromatic N) is 1. The third-order valence-electron chi connectivity index (χ3n) is 3.95. The minimum absolute atomic E-state index is 0.524. The first kappa shape index (κ1) is 17.7. The van der Waals surface area contributed by atoms with Gasteiger partial charge in [-0.15, -0.1) is 0 Å². The largest absolute Gasteiger partial charge is 0.366 e. The van der Waals surface area contributed by atoms with Crippen LogP contribution < -0.4 is 0 Å². The molecule has 0 aromatic heterocycles. The summed E-state index contributed by atoms with van der Waals surface area (Å²) in [6.45, 7) is 13.6. The lowest BCUT2D eigenvalue weighted by atomic mass is 9.94. The molecule has 0 saturated carbocycles. The van der Waals surface area contributed by atoms with Crippen molar-refractivity contribution in [2.24, 2.45) is 11.8 Å². The van der Waals surface area contributed by atoms with Gasteiger partial charge in [0.05, 0.1) is 15.8 Å². The van der Waals surface area contributed by atoms with Crippen LogP contribution in [0, 0.1) is 11.8 Å². The summed E-state index contributed by atoms with van der Waals surface area (Å²) in [6.07, 6.45) is 7.20. The Bertz CT molecular complexity index is 396. The molecule has 1 rings (SSSR count). The van der Waals surface area contributed by atoms with E-state index >= 15 is 0 Å². The molecule has 1 fully saturated rings. The molecule has 0 aromatic carbocycles. The number of likely N-dealkylation sites (tertiary alicyclic amines) is 1. The molecule has 0 spiro atoms. The fraction of sp³-hybridized carbons (Fsp3) is 0.647. The molecule has 1 nitrogen and oxygen atoms in total. The van der Waals surface area contributed by atoms with Crippen LogP contribution in [0.3, 0.4) is 0 Å². The predicted octanol–water partition coefficient (Wildman–Crippen LogP) is 5.91. The van der Waals surface area contributed by atoms with E-state index in [1.54, 1.807) is 6.08 Å². The highest BCUT2D eigenvalue weighted by molar-refractivity contribution is 6.36. The number of hydrogen-bond donors (Lipinski definition) is 0. The third-order valence-corrected chi connectivity index (χ3v) is 4.68. The number of allylic oxidation sites excluding steroid dienone is 4. The maximum atomic E-state index is 6.39. The maximum absolute atomic E-state index is 6.39. The summed E-state index contributed by atoms with van der Waals surface area (Å²) in [5, 5.41) is 1.37. The monoisotopic (exact) mass is 315 g/mol. The van der Waals surface area contributed by atoms with Gasteiger partial charge in [-0.05, 0) is 44.1 Å². The van der Waals surface area contributed by atoms with Crippen molar-refractivity contribution in [2.45, 2.75) is 53.0 Å². The molecule has 0 aliphatic carbocycles. The van der Waals surface area contributed by atoms with Crippen LogP contribution >= 0.6 is 23.2 Å². The van der Waals surface area contributed by atoms with Gasteiger partial charge >= 0.3 is 0 Å². The fourth-order valence-corrected chi connectivity index (χ4v) is 3.60. The Hall–Kier alpha value is -0.400. The van der Waals surface area contributed by atoms with Gasteiger partial charge in [0.2, 0.25) is 0 Å². The van der Waals surface area contributed by atoms with E-state index in [0.29, 0.717) is 11.1 Å². The first-order chi connectivity index (χ1) is 9.44. The van der Waals surface area contributed by atoms with Crippen molar-refractivity contribution in [1.29, 1.82) is 0 Å². The average Bonchev–Trinajstić information content (AvgIpc) is 2.80. The molecule has 3 heteroatoms. The summed E-state index contributed by atoms with van der Waals surface area (Å²) in [4.78, 5) is 2.39. The summed E-state index contributed by atoms with van der Waals surface area (Å²) in [5.74, 6) is 1.46. The van der Waals surface area contributed by atoms with Gasteiger partial charge in [-0.1, -0.05) is 56.6 Å². The van der Waals surface area contributed by atoms with Crippen LogP contribution in [0.2, 0.25) is 0 Å². The Labute approximate surface area is 134 Å². The lowest BCUT2D eigenvalue weighted by Gasteiger charge is -2.29. The van der Waals surface area contributed by atoms with Crippen LogP contribution in [-0.2, 0) is 0 Å². The van der Waals surface area contributed by atoms with Crippen molar-refractivity contribution < 1.29 is 0 Å². The van der Waals surface area contributed by atoms with E-state index in [0.717, 1.165) is 35.5 Å². The van der Waals surface area contributed by atoms with Gasteiger partial charge < -0.3 is 4.90 Å². The predicted molar refractivity (Wildman–Crippen MR) is 91.0 cm³/mol. The van der Waals surface area contributed by atoms with E-state index < -0.39 is 0 Å². The third kappa shape index (κ3) is 4.30. The molecule has 0 amide bonds. The summed E-state index contributed by atoms with van der Waals surface area (Å²) in [6, 6.07) is 0.524. The molecule has 2 unspecified atom stereocenters. The minimum Gasteiger partial charge on any atom is -0.366 e. The maximum Gasteiger partial charge on any atom is 0.0743 e. The number of halogens is 2. The Morgan fingerprint density at radius 3 is 2.50 bits per heavy atom. The quantitative estimate of drug-likeness (QED) is 0.550. The van der Waals surface area contributed by atoms with E-state index in [4.69, 9.17) is 23.2 Å². The van der Waals surface area contributed by atoms with Gasteiger partial charge in [-0.3, -0.25) is 0 Å². The summed E-state index contributed by atoms with van der Waals surface area (Å²) < 4.78 is 0. The van der Waals surface area contributed by atoms with Crippen LogP contribution in [0.5, 0.6) is 0 Å². The lowest BCUT2D eigenvalue weighted by Crippen LogP contribution is -2.29. The summed E-state index contributed by atoms with van der Waals surface area (Å²) >= 11 is 12.7. The first-order valence-corrected chi connectivity index (χ1v) is 8.31. The van der Waals surface area contributed by atoms with E-state index in [-0.39, 0.29) is 0 Å². The molecular formula is C17H27Cl2N. The second-order valence-corrected chi connectivity index (χ2v) is 6.80. The topological polar surface area (TPSA) is 3.24 Å². The van der Waals surface area contributed by atoms with Gasteiger partial charge in [-0.25, -0.2) is 0 Å². The molecule has 20 heavy (non-hydrogen) atoms. The minimum atomic E-state index is 0.524. The van der Waals surface area contributed by atoms with Crippen LogP contribution in [-0.4, -0.2) is 17.5 Å². The molecule has 0 N–H and O–H groups in total. The first-order valence-electron chi connectivity index (χ1n) is 7.55. The zero-order chi connectivity index (χ0) is 15.3. The van der Waals surface area contributed by atoms with E-state index in [9.17, 15) is 0 Å². The summed E-state index contributed by atoms with van der Waals surface area (Å²) in [7, 11) is 0. The molecule has 1 heterocycles. The molecule has 0 bridgehead atoms. The van der Waals surface area contributed by atoms with Crippen molar-refractivity contribution in [2.75, 3.05) is 6.54 Å². The van der Waals surface area contributed by atoms with Crippen molar-refractivity contribution in [3.8, 4) is 0 Å². The van der Waals surface area contributed by atoms with Crippen LogP contribution in [0.25, 0.3) is 0 Å². The molecule has 1 saturated heterocycles. The van der Waals surface area contributed by atoms with Gasteiger partial charge in [0.15, 0.2) is 0 Å². The zero-order valence-electron chi connectivity index (χ0n) is 13.1. The van der Waals surface area contributed by atoms with Crippen molar-refractivity contribution >= 4 is 23.2 Å². The Kier molecular flexibility index (Phi) is 7.19. The molecule has 2 atom stereocenters. The Balaban J connectivity index is 3.04. The fourth-order valence-electron chi connectivity index (χ4n) is 3.13. The van der Waals surface area contributed by atoms with E-state index in [2.05, 4.69) is 32.3 Å². The van der Waals surface area contributed by atoms with Gasteiger partial charge in [0.1, 0.15) is 0 Å². The highest BCUT2D eigenvalue weighted by Gasteiger charge is 2.33. The second-order valence-electron chi connectivity index (χ2n) is 5.98. The van der Waals surface area contributed by atoms with E-state index in [1.165, 1.54) is 12.8 Å².